The summed E-state index contributed by atoms with van der Waals surface area (Å²) in [5.41, 5.74) is 3.97. The number of nitrogens with one attached hydrogen (secondary N) is 2. The lowest BCUT2D eigenvalue weighted by Crippen LogP contribution is -2.30. The summed E-state index contributed by atoms with van der Waals surface area (Å²) in [5, 5.41) is 8.30. The van der Waals surface area contributed by atoms with Gasteiger partial charge < -0.3 is 15.4 Å². The van der Waals surface area contributed by atoms with Crippen LogP contribution >= 0.6 is 11.3 Å². The van der Waals surface area contributed by atoms with E-state index in [2.05, 4.69) is 27.8 Å². The second-order valence-corrected chi connectivity index (χ2v) is 8.31. The molecule has 0 spiro atoms. The molecule has 6 nitrogen and oxygen atoms in total. The number of aromatic nitrogens is 1. The third-order valence-electron chi connectivity index (χ3n) is 4.84. The average molecular weight is 438 g/mol. The Morgan fingerprint density at radius 1 is 1.06 bits per heavy atom. The van der Waals surface area contributed by atoms with E-state index in [4.69, 9.17) is 4.74 Å². The molecule has 2 amide bonds. The molecule has 31 heavy (non-hydrogen) atoms. The smallest absolute Gasteiger partial charge is 0.230 e. The summed E-state index contributed by atoms with van der Waals surface area (Å²) in [4.78, 5) is 28.0. The van der Waals surface area contributed by atoms with Gasteiger partial charge in [-0.3, -0.25) is 9.59 Å². The molecule has 2 N–H and O–H groups in total. The quantitative estimate of drug-likeness (QED) is 0.518. The van der Waals surface area contributed by atoms with Gasteiger partial charge in [0.25, 0.3) is 0 Å². The van der Waals surface area contributed by atoms with Gasteiger partial charge in [0.15, 0.2) is 5.13 Å². The number of aryl methyl sites for hydroxylation is 1. The second kappa shape index (κ2) is 10.7. The fourth-order valence-electron chi connectivity index (χ4n) is 3.20. The molecule has 1 atom stereocenters. The molecular formula is C24H27N3O3S. The Bertz CT molecular complexity index is 1010. The average Bonchev–Trinajstić information content (AvgIpc) is 3.21. The molecule has 1 aromatic heterocycles. The number of carbonyl (C=O) groups is 2. The SMILES string of the molecule is COc1ccc(CC(=O)Nc2nc(-c3ccc(CC[C@@H](C)NC(C)=O)cc3)cs2)cc1. The molecule has 0 aliphatic heterocycles. The van der Waals surface area contributed by atoms with Gasteiger partial charge in [0.1, 0.15) is 5.75 Å². The first-order chi connectivity index (χ1) is 14.9. The maximum absolute atomic E-state index is 12.3. The number of anilines is 1. The molecule has 0 aliphatic rings. The van der Waals surface area contributed by atoms with E-state index in [0.29, 0.717) is 5.13 Å². The molecule has 7 heteroatoms. The number of ether oxygens (including phenoxy) is 1. The number of rotatable bonds is 9. The van der Waals surface area contributed by atoms with Crippen LogP contribution in [0.3, 0.4) is 0 Å². The zero-order valence-electron chi connectivity index (χ0n) is 18.0. The summed E-state index contributed by atoms with van der Waals surface area (Å²) in [6.07, 6.45) is 2.07. The zero-order valence-corrected chi connectivity index (χ0v) is 18.8. The molecule has 0 aliphatic carbocycles. The first-order valence-corrected chi connectivity index (χ1v) is 11.1. The highest BCUT2D eigenvalue weighted by Gasteiger charge is 2.10. The minimum Gasteiger partial charge on any atom is -0.497 e. The van der Waals surface area contributed by atoms with Crippen molar-refractivity contribution in [3.63, 3.8) is 0 Å². The third kappa shape index (κ3) is 6.93. The van der Waals surface area contributed by atoms with E-state index >= 15 is 0 Å². The van der Waals surface area contributed by atoms with E-state index in [1.54, 1.807) is 7.11 Å². The van der Waals surface area contributed by atoms with E-state index < -0.39 is 0 Å². The highest BCUT2D eigenvalue weighted by molar-refractivity contribution is 7.14. The largest absolute Gasteiger partial charge is 0.497 e. The number of nitrogens with zero attached hydrogens (tertiary/aromatic N) is 1. The van der Waals surface area contributed by atoms with Crippen LogP contribution in [0.1, 0.15) is 31.4 Å². The summed E-state index contributed by atoms with van der Waals surface area (Å²) < 4.78 is 5.14. The minimum absolute atomic E-state index is 0.00160. The molecule has 0 bridgehead atoms. The Balaban J connectivity index is 1.53. The summed E-state index contributed by atoms with van der Waals surface area (Å²) >= 11 is 1.41. The number of hydrogen-bond acceptors (Lipinski definition) is 5. The summed E-state index contributed by atoms with van der Waals surface area (Å²) in [6, 6.07) is 15.8. The van der Waals surface area contributed by atoms with Crippen LogP contribution in [0.2, 0.25) is 0 Å². The van der Waals surface area contributed by atoms with Crippen LogP contribution in [0.4, 0.5) is 5.13 Å². The third-order valence-corrected chi connectivity index (χ3v) is 5.60. The lowest BCUT2D eigenvalue weighted by atomic mass is 10.0. The molecule has 3 rings (SSSR count). The fourth-order valence-corrected chi connectivity index (χ4v) is 3.94. The monoisotopic (exact) mass is 437 g/mol. The molecule has 0 saturated heterocycles. The maximum Gasteiger partial charge on any atom is 0.230 e. The number of amides is 2. The highest BCUT2D eigenvalue weighted by Crippen LogP contribution is 2.25. The zero-order chi connectivity index (χ0) is 22.2. The summed E-state index contributed by atoms with van der Waals surface area (Å²) in [6.45, 7) is 3.55. The van der Waals surface area contributed by atoms with Gasteiger partial charge in [-0.1, -0.05) is 36.4 Å². The van der Waals surface area contributed by atoms with Crippen molar-refractivity contribution in [1.82, 2.24) is 10.3 Å². The molecule has 2 aromatic carbocycles. The van der Waals surface area contributed by atoms with Crippen molar-refractivity contribution in [2.75, 3.05) is 12.4 Å². The molecule has 3 aromatic rings. The molecule has 0 unspecified atom stereocenters. The predicted octanol–water partition coefficient (Wildman–Crippen LogP) is 4.46. The minimum atomic E-state index is -0.102. The molecular weight excluding hydrogens is 410 g/mol. The number of benzene rings is 2. The fraction of sp³-hybridized carbons (Fsp3) is 0.292. The lowest BCUT2D eigenvalue weighted by Gasteiger charge is -2.12. The van der Waals surface area contributed by atoms with E-state index in [1.807, 2.05) is 48.7 Å². The molecule has 0 radical (unpaired) electrons. The van der Waals surface area contributed by atoms with Crippen molar-refractivity contribution < 1.29 is 14.3 Å². The van der Waals surface area contributed by atoms with Gasteiger partial charge in [0.05, 0.1) is 19.2 Å². The highest BCUT2D eigenvalue weighted by atomic mass is 32.1. The van der Waals surface area contributed by atoms with Gasteiger partial charge in [-0.25, -0.2) is 4.98 Å². The van der Waals surface area contributed by atoms with Crippen LogP contribution in [0, 0.1) is 0 Å². The Hall–Kier alpha value is -3.19. The number of thiazole rings is 1. The molecule has 0 fully saturated rings. The first kappa shape index (κ1) is 22.5. The van der Waals surface area contributed by atoms with Gasteiger partial charge >= 0.3 is 0 Å². The van der Waals surface area contributed by atoms with E-state index in [-0.39, 0.29) is 24.3 Å². The van der Waals surface area contributed by atoms with Gasteiger partial charge in [0, 0.05) is 23.9 Å². The van der Waals surface area contributed by atoms with Crippen molar-refractivity contribution >= 4 is 28.3 Å². The van der Waals surface area contributed by atoms with Crippen LogP contribution in [0.25, 0.3) is 11.3 Å². The second-order valence-electron chi connectivity index (χ2n) is 7.45. The van der Waals surface area contributed by atoms with Crippen molar-refractivity contribution in [1.29, 1.82) is 0 Å². The summed E-state index contributed by atoms with van der Waals surface area (Å²) in [7, 11) is 1.62. The van der Waals surface area contributed by atoms with E-state index in [0.717, 1.165) is 35.4 Å². The number of carbonyl (C=O) groups excluding carboxylic acids is 2. The van der Waals surface area contributed by atoms with E-state index in [1.165, 1.54) is 23.8 Å². The van der Waals surface area contributed by atoms with Crippen LogP contribution in [0.5, 0.6) is 5.75 Å². The van der Waals surface area contributed by atoms with Crippen molar-refractivity contribution in [3.8, 4) is 17.0 Å². The van der Waals surface area contributed by atoms with Crippen LogP contribution in [-0.2, 0) is 22.4 Å². The summed E-state index contributed by atoms with van der Waals surface area (Å²) in [5.74, 6) is 0.662. The Morgan fingerprint density at radius 2 is 1.74 bits per heavy atom. The van der Waals surface area contributed by atoms with Crippen LogP contribution < -0.4 is 15.4 Å². The van der Waals surface area contributed by atoms with E-state index in [9.17, 15) is 9.59 Å². The Morgan fingerprint density at radius 3 is 2.39 bits per heavy atom. The Kier molecular flexibility index (Phi) is 7.78. The van der Waals surface area contributed by atoms with Crippen LogP contribution in [0.15, 0.2) is 53.9 Å². The standard InChI is InChI=1S/C24H27N3O3S/c1-16(25-17(2)28)4-5-18-6-10-20(11-7-18)22-15-31-24(26-22)27-23(29)14-19-8-12-21(30-3)13-9-19/h6-13,15-16H,4-5,14H2,1-3H3,(H,25,28)(H,26,27,29)/t16-/m1/s1. The topological polar surface area (TPSA) is 80.3 Å². The van der Waals surface area contributed by atoms with Crippen molar-refractivity contribution in [2.24, 2.45) is 0 Å². The van der Waals surface area contributed by atoms with Gasteiger partial charge in [-0.05, 0) is 43.0 Å². The first-order valence-electron chi connectivity index (χ1n) is 10.2. The normalized spacial score (nSPS) is 11.6. The number of hydrogen-bond donors (Lipinski definition) is 2. The molecule has 0 saturated carbocycles. The van der Waals surface area contributed by atoms with Crippen molar-refractivity contribution in [3.05, 3.63) is 65.0 Å². The predicted molar refractivity (Wildman–Crippen MR) is 124 cm³/mol. The lowest BCUT2D eigenvalue weighted by molar-refractivity contribution is -0.119. The Labute approximate surface area is 186 Å². The van der Waals surface area contributed by atoms with Gasteiger partial charge in [-0.15, -0.1) is 11.3 Å². The molecule has 1 heterocycles. The maximum atomic E-state index is 12.3. The van der Waals surface area contributed by atoms with Crippen molar-refractivity contribution in [2.45, 2.75) is 39.2 Å². The van der Waals surface area contributed by atoms with Gasteiger partial charge in [0.2, 0.25) is 11.8 Å². The van der Waals surface area contributed by atoms with Crippen LogP contribution in [-0.4, -0.2) is 29.9 Å². The molecule has 162 valence electrons. The van der Waals surface area contributed by atoms with Gasteiger partial charge in [-0.2, -0.15) is 0 Å². The number of methoxy groups -OCH3 is 1.